The first-order chi connectivity index (χ1) is 34.4. The van der Waals surface area contributed by atoms with Crippen molar-refractivity contribution in [1.82, 2.24) is 0 Å². The second kappa shape index (κ2) is 14.9. The van der Waals surface area contributed by atoms with Crippen molar-refractivity contribution in [3.63, 3.8) is 0 Å². The molecule has 0 bridgehead atoms. The third kappa shape index (κ3) is 5.61. The number of hydrogen-bond acceptors (Lipinski definition) is 4. The van der Waals surface area contributed by atoms with Crippen molar-refractivity contribution < 1.29 is 13.2 Å². The molecule has 10 aromatic carbocycles. The minimum atomic E-state index is -4.64. The summed E-state index contributed by atoms with van der Waals surface area (Å²) in [7, 11) is 0. The number of nitrogens with zero attached hydrogens (tertiary/aromatic N) is 2. The lowest BCUT2D eigenvalue weighted by atomic mass is 9.29. The van der Waals surface area contributed by atoms with Gasteiger partial charge in [0.1, 0.15) is 0 Å². The van der Waals surface area contributed by atoms with Crippen LogP contribution in [0.1, 0.15) is 5.56 Å². The van der Waals surface area contributed by atoms with Crippen molar-refractivity contribution in [2.24, 2.45) is 0 Å². The SMILES string of the molecule is FC(F)(F)c1ccccc1N1c2ccccc2B2c3cc(-c4ccccc4)ccc3N3c4ccc(-c5ccccc5)cc4B4c5ccccc5Sc5c4c3c2c1c5-c1cccc2sc3ccccc3c12. The second-order valence-corrected chi connectivity index (χ2v) is 20.7. The molecule has 0 fully saturated rings. The molecule has 328 valence electrons. The summed E-state index contributed by atoms with van der Waals surface area (Å²) in [5.41, 5.74) is 17.2. The Balaban J connectivity index is 1.17. The van der Waals surface area contributed by atoms with Crippen molar-refractivity contribution in [3.05, 3.63) is 218 Å². The predicted octanol–water partition coefficient (Wildman–Crippen LogP) is 13.5. The minimum absolute atomic E-state index is 0.102. The fraction of sp³-hybridized carbons (Fsp3) is 0.0164. The first-order valence-electron chi connectivity index (χ1n) is 23.6. The fourth-order valence-corrected chi connectivity index (χ4v) is 14.6. The lowest BCUT2D eigenvalue weighted by Crippen LogP contribution is -2.68. The smallest absolute Gasteiger partial charge is 0.312 e. The molecule has 4 aliphatic rings. The van der Waals surface area contributed by atoms with Crippen molar-refractivity contribution >= 4 is 124 Å². The van der Waals surface area contributed by atoms with Crippen LogP contribution in [0.2, 0.25) is 0 Å². The summed E-state index contributed by atoms with van der Waals surface area (Å²) in [5, 5.41) is 2.24. The number of fused-ring (bicyclic) bond motifs is 13. The normalized spacial score (nSPS) is 13.8. The minimum Gasteiger partial charge on any atom is -0.312 e. The summed E-state index contributed by atoms with van der Waals surface area (Å²) < 4.78 is 49.7. The molecule has 0 atom stereocenters. The van der Waals surface area contributed by atoms with E-state index in [9.17, 15) is 0 Å². The van der Waals surface area contributed by atoms with Crippen LogP contribution in [-0.4, -0.2) is 13.4 Å². The number of benzene rings is 10. The Morgan fingerprint density at radius 2 is 0.971 bits per heavy atom. The van der Waals surface area contributed by atoms with Gasteiger partial charge >= 0.3 is 6.18 Å². The first kappa shape index (κ1) is 40.2. The molecule has 70 heavy (non-hydrogen) atoms. The van der Waals surface area contributed by atoms with E-state index in [2.05, 4.69) is 169 Å². The number of halogens is 3. The van der Waals surface area contributed by atoms with Crippen LogP contribution in [0.3, 0.4) is 0 Å². The molecule has 4 aliphatic heterocycles. The van der Waals surface area contributed by atoms with Crippen LogP contribution in [0, 0.1) is 0 Å². The van der Waals surface area contributed by atoms with Gasteiger partial charge in [0.25, 0.3) is 6.71 Å². The van der Waals surface area contributed by atoms with Crippen LogP contribution in [0.4, 0.5) is 47.3 Å². The molecular formula is C61H35B2F3N2S2. The molecule has 15 rings (SSSR count). The van der Waals surface area contributed by atoms with E-state index in [1.165, 1.54) is 33.2 Å². The molecular weight excluding hydrogens is 903 g/mol. The maximum absolute atomic E-state index is 15.8. The number of thiophene rings is 1. The van der Waals surface area contributed by atoms with Crippen LogP contribution in [0.15, 0.2) is 222 Å². The second-order valence-electron chi connectivity index (χ2n) is 18.5. The Labute approximate surface area is 411 Å². The first-order valence-corrected chi connectivity index (χ1v) is 25.2. The van der Waals surface area contributed by atoms with Crippen LogP contribution in [0.5, 0.6) is 0 Å². The van der Waals surface area contributed by atoms with Crippen molar-refractivity contribution in [3.8, 4) is 33.4 Å². The standard InChI is InChI=1S/C61H35B2F3N2S2/c64-61(65,66)42-22-8-11-25-47(42)67-48-26-12-9-23-43(48)62-45-34-38(36-16-3-1-4-17-36)30-32-49(45)68-50-33-31-39(37-18-5-2-6-19-37)35-46(50)63-44-24-10-14-28-52(44)70-60-55(58(67)56(62)59(68)57(60)63)41-21-15-29-53-54(41)40-20-7-13-27-51(40)69-53/h1-35H. The van der Waals surface area contributed by atoms with Crippen LogP contribution in [0.25, 0.3) is 53.6 Å². The summed E-state index contributed by atoms with van der Waals surface area (Å²) in [6.45, 7) is -0.514. The predicted molar refractivity (Wildman–Crippen MR) is 290 cm³/mol. The number of hydrogen-bond donors (Lipinski definition) is 0. The Morgan fingerprint density at radius 3 is 1.69 bits per heavy atom. The number of rotatable bonds is 4. The molecule has 0 spiro atoms. The van der Waals surface area contributed by atoms with Gasteiger partial charge in [0, 0.05) is 58.3 Å². The van der Waals surface area contributed by atoms with Gasteiger partial charge in [-0.3, -0.25) is 0 Å². The average molecular weight is 939 g/mol. The van der Waals surface area contributed by atoms with E-state index in [0.29, 0.717) is 0 Å². The van der Waals surface area contributed by atoms with Crippen molar-refractivity contribution in [2.75, 3.05) is 9.80 Å². The van der Waals surface area contributed by atoms with Crippen molar-refractivity contribution in [1.29, 1.82) is 0 Å². The zero-order chi connectivity index (χ0) is 46.4. The quantitative estimate of drug-likeness (QED) is 0.162. The van der Waals surface area contributed by atoms with Gasteiger partial charge in [-0.05, 0) is 104 Å². The Hall–Kier alpha value is -7.71. The van der Waals surface area contributed by atoms with E-state index < -0.39 is 11.7 Å². The van der Waals surface area contributed by atoms with Gasteiger partial charge in [-0.15, -0.1) is 11.3 Å². The van der Waals surface area contributed by atoms with E-state index >= 15 is 13.2 Å². The topological polar surface area (TPSA) is 6.48 Å². The Kier molecular flexibility index (Phi) is 8.56. The molecule has 0 radical (unpaired) electrons. The molecule has 0 aliphatic carbocycles. The zero-order valence-electron chi connectivity index (χ0n) is 37.2. The summed E-state index contributed by atoms with van der Waals surface area (Å²) in [4.78, 5) is 6.66. The highest BCUT2D eigenvalue weighted by Gasteiger charge is 2.53. The maximum atomic E-state index is 15.8. The highest BCUT2D eigenvalue weighted by molar-refractivity contribution is 8.00. The lowest BCUT2D eigenvalue weighted by Gasteiger charge is -2.50. The van der Waals surface area contributed by atoms with Gasteiger partial charge in [-0.1, -0.05) is 181 Å². The van der Waals surface area contributed by atoms with E-state index in [4.69, 9.17) is 0 Å². The summed E-state index contributed by atoms with van der Waals surface area (Å²) in [6, 6.07) is 73.0. The van der Waals surface area contributed by atoms with Gasteiger partial charge in [-0.2, -0.15) is 13.2 Å². The average Bonchev–Trinajstić information content (AvgIpc) is 3.80. The van der Waals surface area contributed by atoms with E-state index in [1.54, 1.807) is 35.2 Å². The largest absolute Gasteiger partial charge is 0.418 e. The molecule has 0 saturated carbocycles. The molecule has 0 saturated heterocycles. The summed E-state index contributed by atoms with van der Waals surface area (Å²) >= 11 is 3.52. The van der Waals surface area contributed by atoms with E-state index in [-0.39, 0.29) is 19.1 Å². The number of para-hydroxylation sites is 2. The molecule has 1 aromatic heterocycles. The van der Waals surface area contributed by atoms with Crippen LogP contribution in [-0.2, 0) is 6.18 Å². The molecule has 0 amide bonds. The summed E-state index contributed by atoms with van der Waals surface area (Å²) in [5.74, 6) is 0. The third-order valence-electron chi connectivity index (χ3n) is 14.9. The number of alkyl halides is 3. The van der Waals surface area contributed by atoms with E-state index in [0.717, 1.165) is 103 Å². The van der Waals surface area contributed by atoms with Gasteiger partial charge in [0.05, 0.1) is 16.9 Å². The zero-order valence-corrected chi connectivity index (χ0v) is 38.8. The lowest BCUT2D eigenvalue weighted by molar-refractivity contribution is -0.137. The molecule has 0 N–H and O–H groups in total. The van der Waals surface area contributed by atoms with Gasteiger partial charge in [-0.25, -0.2) is 0 Å². The molecule has 2 nitrogen and oxygen atoms in total. The number of anilines is 6. The van der Waals surface area contributed by atoms with Crippen LogP contribution < -0.4 is 42.6 Å². The molecule has 9 heteroatoms. The highest BCUT2D eigenvalue weighted by atomic mass is 32.2. The highest BCUT2D eigenvalue weighted by Crippen LogP contribution is 2.56. The molecule has 11 aromatic rings. The monoisotopic (exact) mass is 938 g/mol. The van der Waals surface area contributed by atoms with Gasteiger partial charge < -0.3 is 9.80 Å². The Morgan fingerprint density at radius 1 is 0.414 bits per heavy atom. The molecule has 0 unspecified atom stereocenters. The fourth-order valence-electron chi connectivity index (χ4n) is 12.2. The maximum Gasteiger partial charge on any atom is 0.418 e. The van der Waals surface area contributed by atoms with Crippen LogP contribution >= 0.6 is 23.1 Å². The Bertz CT molecular complexity index is 4010. The van der Waals surface area contributed by atoms with Gasteiger partial charge in [0.2, 0.25) is 6.71 Å². The molecule has 5 heterocycles. The van der Waals surface area contributed by atoms with Crippen molar-refractivity contribution in [2.45, 2.75) is 16.0 Å². The summed E-state index contributed by atoms with van der Waals surface area (Å²) in [6.07, 6.45) is -4.64. The van der Waals surface area contributed by atoms with E-state index in [1.807, 2.05) is 29.2 Å². The third-order valence-corrected chi connectivity index (χ3v) is 17.3. The van der Waals surface area contributed by atoms with Gasteiger partial charge in [0.15, 0.2) is 0 Å².